The van der Waals surface area contributed by atoms with Crippen LogP contribution in [0, 0.1) is 13.8 Å². The van der Waals surface area contributed by atoms with Crippen molar-refractivity contribution in [3.05, 3.63) is 123 Å². The van der Waals surface area contributed by atoms with E-state index in [1.807, 2.05) is 75.4 Å². The van der Waals surface area contributed by atoms with Gasteiger partial charge in [0.25, 0.3) is 11.8 Å². The molecule has 0 radical (unpaired) electrons. The largest absolute Gasteiger partial charge is 0.490 e. The summed E-state index contributed by atoms with van der Waals surface area (Å²) < 4.78 is 18.0. The number of benzene rings is 4. The molecule has 0 atom stereocenters. The number of urea groups is 1. The zero-order valence-corrected chi connectivity index (χ0v) is 25.3. The number of anilines is 1. The van der Waals surface area contributed by atoms with Crippen LogP contribution in [0.1, 0.15) is 34.7 Å². The Labute approximate surface area is 260 Å². The van der Waals surface area contributed by atoms with Crippen molar-refractivity contribution in [2.24, 2.45) is 0 Å². The molecule has 0 bridgehead atoms. The second-order valence-corrected chi connectivity index (χ2v) is 10.6. The molecule has 1 heterocycles. The summed E-state index contributed by atoms with van der Waals surface area (Å²) in [5.41, 5.74) is 4.29. The molecule has 1 saturated heterocycles. The quantitative estimate of drug-likeness (QED) is 0.151. The van der Waals surface area contributed by atoms with Crippen LogP contribution in [0.15, 0.2) is 90.5 Å². The Bertz CT molecular complexity index is 1750. The monoisotopic (exact) mass is 610 g/mol. The van der Waals surface area contributed by atoms with Gasteiger partial charge in [0.2, 0.25) is 0 Å². The Hall–Kier alpha value is -5.08. The van der Waals surface area contributed by atoms with Crippen molar-refractivity contribution in [3.63, 3.8) is 0 Å². The molecule has 0 unspecified atom stereocenters. The van der Waals surface area contributed by atoms with E-state index in [0.29, 0.717) is 46.7 Å². The average molecular weight is 611 g/mol. The molecule has 5 rings (SSSR count). The van der Waals surface area contributed by atoms with Gasteiger partial charge in [-0.25, -0.2) is 9.69 Å². The third-order valence-electron chi connectivity index (χ3n) is 7.06. The number of hydrogen-bond acceptors (Lipinski definition) is 6. The molecule has 4 amide bonds. The molecule has 0 aromatic heterocycles. The number of barbiturate groups is 1. The number of carbonyl (C=O) groups excluding carboxylic acids is 3. The third-order valence-corrected chi connectivity index (χ3v) is 7.30. The molecule has 4 aromatic rings. The normalized spacial score (nSPS) is 14.0. The highest BCUT2D eigenvalue weighted by Gasteiger charge is 2.37. The number of imide groups is 2. The van der Waals surface area contributed by atoms with Crippen molar-refractivity contribution in [1.82, 2.24) is 5.32 Å². The van der Waals surface area contributed by atoms with Gasteiger partial charge in [-0.15, -0.1) is 0 Å². The molecule has 1 N–H and O–H groups in total. The van der Waals surface area contributed by atoms with Gasteiger partial charge in [0, 0.05) is 10.6 Å². The third kappa shape index (κ3) is 6.93. The molecule has 4 aromatic carbocycles. The molecule has 0 aliphatic carbocycles. The van der Waals surface area contributed by atoms with Gasteiger partial charge in [0.1, 0.15) is 24.5 Å². The van der Waals surface area contributed by atoms with Crippen LogP contribution in [0.3, 0.4) is 0 Å². The Kier molecular flexibility index (Phi) is 9.31. The van der Waals surface area contributed by atoms with Gasteiger partial charge in [-0.3, -0.25) is 14.9 Å². The lowest BCUT2D eigenvalue weighted by molar-refractivity contribution is -0.122. The Morgan fingerprint density at radius 1 is 0.750 bits per heavy atom. The van der Waals surface area contributed by atoms with Crippen molar-refractivity contribution in [3.8, 4) is 17.2 Å². The van der Waals surface area contributed by atoms with Crippen molar-refractivity contribution >= 4 is 41.2 Å². The zero-order valence-electron chi connectivity index (χ0n) is 24.6. The number of nitrogens with one attached hydrogen (secondary N) is 1. The molecule has 224 valence electrons. The summed E-state index contributed by atoms with van der Waals surface area (Å²) in [6, 6.07) is 24.7. The molecular weight excluding hydrogens is 580 g/mol. The highest BCUT2D eigenvalue weighted by Crippen LogP contribution is 2.32. The van der Waals surface area contributed by atoms with Crippen molar-refractivity contribution < 1.29 is 28.6 Å². The Morgan fingerprint density at radius 3 is 2.23 bits per heavy atom. The molecule has 8 nitrogen and oxygen atoms in total. The lowest BCUT2D eigenvalue weighted by atomic mass is 10.0. The van der Waals surface area contributed by atoms with Crippen molar-refractivity contribution in [2.45, 2.75) is 34.0 Å². The van der Waals surface area contributed by atoms with Gasteiger partial charge >= 0.3 is 6.03 Å². The van der Waals surface area contributed by atoms with Crippen LogP contribution in [-0.4, -0.2) is 24.5 Å². The van der Waals surface area contributed by atoms with Crippen LogP contribution >= 0.6 is 11.6 Å². The van der Waals surface area contributed by atoms with E-state index in [1.165, 1.54) is 6.08 Å². The number of aryl methyl sites for hydroxylation is 2. The molecule has 1 aliphatic heterocycles. The molecular formula is C35H31ClN2O6. The lowest BCUT2D eigenvalue weighted by Gasteiger charge is -2.27. The first-order valence-corrected chi connectivity index (χ1v) is 14.4. The number of nitrogens with zero attached hydrogens (tertiary/aromatic N) is 1. The maximum atomic E-state index is 13.5. The second-order valence-electron chi connectivity index (χ2n) is 10.2. The van der Waals surface area contributed by atoms with Gasteiger partial charge < -0.3 is 14.2 Å². The van der Waals surface area contributed by atoms with Crippen molar-refractivity contribution in [2.75, 3.05) is 11.5 Å². The fraction of sp³-hybridized carbons (Fsp3) is 0.171. The van der Waals surface area contributed by atoms with E-state index >= 15 is 0 Å². The number of halogens is 1. The summed E-state index contributed by atoms with van der Waals surface area (Å²) >= 11 is 6.29. The van der Waals surface area contributed by atoms with Crippen LogP contribution in [-0.2, 0) is 22.8 Å². The van der Waals surface area contributed by atoms with Gasteiger partial charge in [-0.2, -0.15) is 0 Å². The first-order valence-electron chi connectivity index (χ1n) is 14.1. The summed E-state index contributed by atoms with van der Waals surface area (Å²) in [5, 5.41) is 2.64. The van der Waals surface area contributed by atoms with E-state index in [-0.39, 0.29) is 12.2 Å². The van der Waals surface area contributed by atoms with Gasteiger partial charge in [-0.05, 0) is 91.6 Å². The summed E-state index contributed by atoms with van der Waals surface area (Å²) in [6.45, 7) is 6.72. The molecule has 9 heteroatoms. The fourth-order valence-electron chi connectivity index (χ4n) is 4.60. The average Bonchev–Trinajstić information content (AvgIpc) is 3.00. The summed E-state index contributed by atoms with van der Waals surface area (Å²) in [6.07, 6.45) is 1.38. The standard InChI is InChI=1S/C35H31ClN2O6/c1-4-42-32-17-25(11-14-31(32)44-20-24-8-6-5-7-9-24)21-43-30-15-12-27(36)18-26(30)19-29-33(39)37-35(41)38(34(29)40)28-13-10-22(2)23(3)16-28/h5-19H,4,20-21H2,1-3H3,(H,37,39,41)/b29-19-. The smallest absolute Gasteiger partial charge is 0.335 e. The topological polar surface area (TPSA) is 94.2 Å². The van der Waals surface area contributed by atoms with Crippen LogP contribution in [0.25, 0.3) is 6.08 Å². The predicted octanol–water partition coefficient (Wildman–Crippen LogP) is 7.18. The Morgan fingerprint density at radius 2 is 1.48 bits per heavy atom. The van der Waals surface area contributed by atoms with Crippen LogP contribution in [0.4, 0.5) is 10.5 Å². The highest BCUT2D eigenvalue weighted by atomic mass is 35.5. The van der Waals surface area contributed by atoms with E-state index in [9.17, 15) is 14.4 Å². The molecule has 0 saturated carbocycles. The minimum Gasteiger partial charge on any atom is -0.490 e. The van der Waals surface area contributed by atoms with Crippen LogP contribution < -0.4 is 24.4 Å². The number of rotatable bonds is 10. The maximum absolute atomic E-state index is 13.5. The van der Waals surface area contributed by atoms with Gasteiger partial charge in [0.15, 0.2) is 11.5 Å². The zero-order chi connectivity index (χ0) is 31.2. The number of ether oxygens (including phenoxy) is 3. The molecule has 0 spiro atoms. The predicted molar refractivity (Wildman–Crippen MR) is 169 cm³/mol. The van der Waals surface area contributed by atoms with E-state index in [1.54, 1.807) is 30.3 Å². The molecule has 44 heavy (non-hydrogen) atoms. The van der Waals surface area contributed by atoms with Crippen LogP contribution in [0.5, 0.6) is 17.2 Å². The van der Waals surface area contributed by atoms with Crippen molar-refractivity contribution in [1.29, 1.82) is 0 Å². The SMILES string of the molecule is CCOc1cc(COc2ccc(Cl)cc2/C=C2/C(=O)NC(=O)N(c3ccc(C)c(C)c3)C2=O)ccc1OCc1ccccc1. The lowest BCUT2D eigenvalue weighted by Crippen LogP contribution is -2.54. The van der Waals surface area contributed by atoms with E-state index < -0.39 is 17.8 Å². The number of carbonyl (C=O) groups is 3. The highest BCUT2D eigenvalue weighted by molar-refractivity contribution is 6.39. The Balaban J connectivity index is 1.37. The molecule has 1 fully saturated rings. The fourth-order valence-corrected chi connectivity index (χ4v) is 4.78. The van der Waals surface area contributed by atoms with Gasteiger partial charge in [-0.1, -0.05) is 54.1 Å². The number of hydrogen-bond donors (Lipinski definition) is 1. The summed E-state index contributed by atoms with van der Waals surface area (Å²) in [4.78, 5) is 39.9. The van der Waals surface area contributed by atoms with E-state index in [0.717, 1.165) is 27.2 Å². The first kappa shape index (κ1) is 30.4. The van der Waals surface area contributed by atoms with E-state index in [4.69, 9.17) is 25.8 Å². The second kappa shape index (κ2) is 13.5. The number of amides is 4. The van der Waals surface area contributed by atoms with Crippen LogP contribution in [0.2, 0.25) is 5.02 Å². The van der Waals surface area contributed by atoms with E-state index in [2.05, 4.69) is 5.32 Å². The first-order chi connectivity index (χ1) is 21.2. The van der Waals surface area contributed by atoms with Gasteiger partial charge in [0.05, 0.1) is 12.3 Å². The minimum absolute atomic E-state index is 0.157. The summed E-state index contributed by atoms with van der Waals surface area (Å²) in [7, 11) is 0. The molecule has 1 aliphatic rings. The maximum Gasteiger partial charge on any atom is 0.335 e. The summed E-state index contributed by atoms with van der Waals surface area (Å²) in [5.74, 6) is 0.0305. The minimum atomic E-state index is -0.815.